The van der Waals surface area contributed by atoms with Gasteiger partial charge in [-0.3, -0.25) is 0 Å². The summed E-state index contributed by atoms with van der Waals surface area (Å²) in [5, 5.41) is 3.05. The summed E-state index contributed by atoms with van der Waals surface area (Å²) in [5.41, 5.74) is 1.90. The maximum atomic E-state index is 5.22. The molecular formula is C10H13N3O. The van der Waals surface area contributed by atoms with Crippen molar-refractivity contribution in [3.05, 3.63) is 24.0 Å². The van der Waals surface area contributed by atoms with E-state index >= 15 is 0 Å². The zero-order valence-corrected chi connectivity index (χ0v) is 8.29. The lowest BCUT2D eigenvalue weighted by atomic mass is 10.3. The number of nitrogens with one attached hydrogen (secondary N) is 2. The quantitative estimate of drug-likeness (QED) is 0.768. The minimum atomic E-state index is 0.734. The molecule has 4 nitrogen and oxygen atoms in total. The van der Waals surface area contributed by atoms with Crippen LogP contribution in [-0.2, 0) is 6.54 Å². The van der Waals surface area contributed by atoms with E-state index in [2.05, 4.69) is 15.3 Å². The summed E-state index contributed by atoms with van der Waals surface area (Å²) in [6, 6.07) is 5.85. The molecule has 2 rings (SSSR count). The standard InChI is InChI=1S/C10H13N3O/c1-11-6-9-12-7-4-3-5-8(14-2)10(7)13-9/h3-5,11H,6H2,1-2H3,(H,12,13). The van der Waals surface area contributed by atoms with Gasteiger partial charge in [-0.2, -0.15) is 0 Å². The van der Waals surface area contributed by atoms with Crippen LogP contribution in [0.5, 0.6) is 5.75 Å². The van der Waals surface area contributed by atoms with Crippen LogP contribution in [0.1, 0.15) is 5.82 Å². The van der Waals surface area contributed by atoms with E-state index in [9.17, 15) is 0 Å². The van der Waals surface area contributed by atoms with Crippen molar-refractivity contribution in [2.45, 2.75) is 6.54 Å². The van der Waals surface area contributed by atoms with Crippen molar-refractivity contribution in [2.24, 2.45) is 0 Å². The highest BCUT2D eigenvalue weighted by Crippen LogP contribution is 2.22. The van der Waals surface area contributed by atoms with Crippen LogP contribution in [0.4, 0.5) is 0 Å². The van der Waals surface area contributed by atoms with E-state index in [4.69, 9.17) is 4.74 Å². The molecule has 0 amide bonds. The van der Waals surface area contributed by atoms with Crippen LogP contribution < -0.4 is 10.1 Å². The number of benzene rings is 1. The first-order valence-corrected chi connectivity index (χ1v) is 4.51. The monoisotopic (exact) mass is 191 g/mol. The molecule has 1 aromatic heterocycles. The topological polar surface area (TPSA) is 49.9 Å². The van der Waals surface area contributed by atoms with Gasteiger partial charge in [0.2, 0.25) is 0 Å². The Labute approximate surface area is 82.3 Å². The van der Waals surface area contributed by atoms with Crippen molar-refractivity contribution in [1.29, 1.82) is 0 Å². The molecule has 0 fully saturated rings. The van der Waals surface area contributed by atoms with Crippen molar-refractivity contribution in [1.82, 2.24) is 15.3 Å². The molecule has 0 spiro atoms. The molecule has 0 aliphatic heterocycles. The second-order valence-electron chi connectivity index (χ2n) is 3.07. The number of ether oxygens (including phenoxy) is 1. The van der Waals surface area contributed by atoms with Gasteiger partial charge in [-0.25, -0.2) is 4.98 Å². The largest absolute Gasteiger partial charge is 0.494 e. The van der Waals surface area contributed by atoms with Crippen molar-refractivity contribution < 1.29 is 4.74 Å². The highest BCUT2D eigenvalue weighted by atomic mass is 16.5. The van der Waals surface area contributed by atoms with E-state index < -0.39 is 0 Å². The van der Waals surface area contributed by atoms with E-state index in [1.807, 2.05) is 25.2 Å². The van der Waals surface area contributed by atoms with Crippen LogP contribution in [-0.4, -0.2) is 24.1 Å². The van der Waals surface area contributed by atoms with Crippen molar-refractivity contribution in [3.8, 4) is 5.75 Å². The molecule has 4 heteroatoms. The van der Waals surface area contributed by atoms with Crippen LogP contribution in [0.2, 0.25) is 0 Å². The van der Waals surface area contributed by atoms with Crippen LogP contribution in [0.3, 0.4) is 0 Å². The van der Waals surface area contributed by atoms with Gasteiger partial charge in [-0.15, -0.1) is 0 Å². The number of imidazole rings is 1. The summed E-state index contributed by atoms with van der Waals surface area (Å²) >= 11 is 0. The number of fused-ring (bicyclic) bond motifs is 1. The Bertz CT molecular complexity index is 436. The van der Waals surface area contributed by atoms with Gasteiger partial charge in [0.05, 0.1) is 19.2 Å². The number of H-pyrrole nitrogens is 1. The highest BCUT2D eigenvalue weighted by Gasteiger charge is 2.05. The molecule has 0 saturated carbocycles. The third-order valence-electron chi connectivity index (χ3n) is 2.09. The SMILES string of the molecule is CNCc1nc2c(OC)cccc2[nH]1. The van der Waals surface area contributed by atoms with E-state index in [0.717, 1.165) is 29.2 Å². The predicted molar refractivity (Wildman–Crippen MR) is 55.4 cm³/mol. The summed E-state index contributed by atoms with van der Waals surface area (Å²) in [5.74, 6) is 1.73. The fourth-order valence-electron chi connectivity index (χ4n) is 1.47. The van der Waals surface area contributed by atoms with Crippen molar-refractivity contribution in [2.75, 3.05) is 14.2 Å². The first-order chi connectivity index (χ1) is 6.85. The van der Waals surface area contributed by atoms with Crippen LogP contribution in [0.25, 0.3) is 11.0 Å². The van der Waals surface area contributed by atoms with Crippen LogP contribution in [0, 0.1) is 0 Å². The van der Waals surface area contributed by atoms with Gasteiger partial charge < -0.3 is 15.0 Å². The molecule has 0 radical (unpaired) electrons. The lowest BCUT2D eigenvalue weighted by molar-refractivity contribution is 0.419. The summed E-state index contributed by atoms with van der Waals surface area (Å²) in [6.45, 7) is 0.734. The second kappa shape index (κ2) is 3.67. The van der Waals surface area contributed by atoms with Gasteiger partial charge >= 0.3 is 0 Å². The number of methoxy groups -OCH3 is 1. The Morgan fingerprint density at radius 3 is 3.07 bits per heavy atom. The average molecular weight is 191 g/mol. The summed E-state index contributed by atoms with van der Waals surface area (Å²) in [4.78, 5) is 7.65. The molecule has 0 saturated heterocycles. The van der Waals surface area contributed by atoms with Gasteiger partial charge in [0.1, 0.15) is 17.1 Å². The molecule has 0 aliphatic carbocycles. The lowest BCUT2D eigenvalue weighted by Crippen LogP contribution is -2.06. The third kappa shape index (κ3) is 1.44. The Kier molecular flexibility index (Phi) is 2.37. The van der Waals surface area contributed by atoms with E-state index in [-0.39, 0.29) is 0 Å². The zero-order chi connectivity index (χ0) is 9.97. The molecule has 1 heterocycles. The van der Waals surface area contributed by atoms with Crippen molar-refractivity contribution in [3.63, 3.8) is 0 Å². The van der Waals surface area contributed by atoms with Crippen molar-refractivity contribution >= 4 is 11.0 Å². The smallest absolute Gasteiger partial charge is 0.146 e. The Balaban J connectivity index is 2.52. The summed E-state index contributed by atoms with van der Waals surface area (Å²) in [6.07, 6.45) is 0. The Morgan fingerprint density at radius 1 is 1.50 bits per heavy atom. The molecule has 0 bridgehead atoms. The maximum Gasteiger partial charge on any atom is 0.146 e. The normalized spacial score (nSPS) is 10.7. The van der Waals surface area contributed by atoms with Gasteiger partial charge in [-0.1, -0.05) is 6.07 Å². The number of para-hydroxylation sites is 1. The van der Waals surface area contributed by atoms with Gasteiger partial charge in [0.15, 0.2) is 0 Å². The highest BCUT2D eigenvalue weighted by molar-refractivity contribution is 5.81. The van der Waals surface area contributed by atoms with Gasteiger partial charge in [0.25, 0.3) is 0 Å². The number of hydrogen-bond donors (Lipinski definition) is 2. The summed E-state index contributed by atoms with van der Waals surface area (Å²) < 4.78 is 5.22. The van der Waals surface area contributed by atoms with E-state index in [0.29, 0.717) is 0 Å². The molecule has 74 valence electrons. The molecule has 0 atom stereocenters. The first kappa shape index (κ1) is 9.02. The second-order valence-corrected chi connectivity index (χ2v) is 3.07. The fraction of sp³-hybridized carbons (Fsp3) is 0.300. The van der Waals surface area contributed by atoms with Crippen LogP contribution >= 0.6 is 0 Å². The van der Waals surface area contributed by atoms with E-state index in [1.165, 1.54) is 0 Å². The number of aromatic amines is 1. The summed E-state index contributed by atoms with van der Waals surface area (Å²) in [7, 11) is 3.55. The molecular weight excluding hydrogens is 178 g/mol. The first-order valence-electron chi connectivity index (χ1n) is 4.51. The lowest BCUT2D eigenvalue weighted by Gasteiger charge is -1.97. The molecule has 0 unspecified atom stereocenters. The minimum absolute atomic E-state index is 0.734. The number of nitrogens with zero attached hydrogens (tertiary/aromatic N) is 1. The number of rotatable bonds is 3. The minimum Gasteiger partial charge on any atom is -0.494 e. The predicted octanol–water partition coefficient (Wildman–Crippen LogP) is 1.29. The average Bonchev–Trinajstić information content (AvgIpc) is 2.60. The molecule has 0 aliphatic rings. The third-order valence-corrected chi connectivity index (χ3v) is 2.09. The number of aromatic nitrogens is 2. The number of hydrogen-bond acceptors (Lipinski definition) is 3. The molecule has 2 aromatic rings. The van der Waals surface area contributed by atoms with E-state index in [1.54, 1.807) is 7.11 Å². The molecule has 1 aromatic carbocycles. The van der Waals surface area contributed by atoms with Gasteiger partial charge in [-0.05, 0) is 19.2 Å². The molecule has 14 heavy (non-hydrogen) atoms. The Morgan fingerprint density at radius 2 is 2.36 bits per heavy atom. The maximum absolute atomic E-state index is 5.22. The zero-order valence-electron chi connectivity index (χ0n) is 8.29. The molecule has 2 N–H and O–H groups in total. The van der Waals surface area contributed by atoms with Gasteiger partial charge in [0, 0.05) is 0 Å². The fourth-order valence-corrected chi connectivity index (χ4v) is 1.47. The van der Waals surface area contributed by atoms with Crippen LogP contribution in [0.15, 0.2) is 18.2 Å². The Hall–Kier alpha value is -1.55.